The third-order valence-electron chi connectivity index (χ3n) is 7.49. The number of hydrogen-bond acceptors (Lipinski definition) is 5. The highest BCUT2D eigenvalue weighted by atomic mass is 19.1. The SMILES string of the molecule is CCC(O[C@@]12CC[C@@H](c3cc(-c4c(F)cccc4F)nnc31)C2(C)C)C(=O)N(C)CCOC. The molecule has 0 aliphatic heterocycles. The smallest absolute Gasteiger partial charge is 0.251 e. The normalized spacial score (nSPS) is 23.4. The number of carbonyl (C=O) groups is 1. The highest BCUT2D eigenvalue weighted by Crippen LogP contribution is 2.68. The average molecular weight is 460 g/mol. The second kappa shape index (κ2) is 8.72. The number of benzene rings is 1. The highest BCUT2D eigenvalue weighted by Gasteiger charge is 2.65. The molecule has 33 heavy (non-hydrogen) atoms. The summed E-state index contributed by atoms with van der Waals surface area (Å²) >= 11 is 0. The van der Waals surface area contributed by atoms with E-state index in [1.54, 1.807) is 25.1 Å². The second-order valence-electron chi connectivity index (χ2n) is 9.54. The van der Waals surface area contributed by atoms with E-state index in [2.05, 4.69) is 24.0 Å². The van der Waals surface area contributed by atoms with Crippen LogP contribution in [0.4, 0.5) is 8.78 Å². The number of carbonyl (C=O) groups excluding carboxylic acids is 1. The number of nitrogens with zero attached hydrogens (tertiary/aromatic N) is 3. The Kier molecular flexibility index (Phi) is 6.26. The van der Waals surface area contributed by atoms with E-state index in [0.29, 0.717) is 31.7 Å². The molecule has 1 fully saturated rings. The van der Waals surface area contributed by atoms with Gasteiger partial charge in [-0.2, -0.15) is 5.10 Å². The number of likely N-dealkylation sites (N-methyl/N-ethyl adjacent to an activating group) is 1. The number of halogens is 2. The van der Waals surface area contributed by atoms with Gasteiger partial charge in [0.25, 0.3) is 5.91 Å². The third-order valence-corrected chi connectivity index (χ3v) is 7.49. The summed E-state index contributed by atoms with van der Waals surface area (Å²) in [6, 6.07) is 5.50. The van der Waals surface area contributed by atoms with Crippen LogP contribution < -0.4 is 0 Å². The van der Waals surface area contributed by atoms with E-state index in [0.717, 1.165) is 12.0 Å². The van der Waals surface area contributed by atoms with Crippen LogP contribution in [0.5, 0.6) is 0 Å². The molecule has 2 aliphatic rings. The number of rotatable bonds is 8. The van der Waals surface area contributed by atoms with Gasteiger partial charge >= 0.3 is 0 Å². The summed E-state index contributed by atoms with van der Waals surface area (Å²) in [6.07, 6.45) is 1.43. The summed E-state index contributed by atoms with van der Waals surface area (Å²) in [5.74, 6) is -1.35. The molecule has 8 heteroatoms. The minimum atomic E-state index is -0.787. The van der Waals surface area contributed by atoms with Crippen LogP contribution in [0.25, 0.3) is 11.3 Å². The molecule has 178 valence electrons. The van der Waals surface area contributed by atoms with E-state index in [4.69, 9.17) is 9.47 Å². The van der Waals surface area contributed by atoms with Crippen molar-refractivity contribution in [3.8, 4) is 11.3 Å². The van der Waals surface area contributed by atoms with Gasteiger partial charge in [-0.25, -0.2) is 8.78 Å². The predicted octanol–water partition coefficient (Wildman–Crippen LogP) is 4.43. The standard InChI is InChI=1S/C25H31F2N3O3/c1-6-20(23(31)30(4)12-13-32-5)33-25-11-10-16(24(25,2)3)15-14-19(28-29-22(15)25)21-17(26)8-7-9-18(21)27/h7-9,14,16,20H,6,10-13H2,1-5H3/t16-,20?,25-/m0/s1. The summed E-state index contributed by atoms with van der Waals surface area (Å²) in [4.78, 5) is 14.7. The molecule has 3 atom stereocenters. The monoisotopic (exact) mass is 459 g/mol. The van der Waals surface area contributed by atoms with Gasteiger partial charge in [-0.05, 0) is 48.9 Å². The molecule has 0 N–H and O–H groups in total. The maximum atomic E-state index is 14.4. The lowest BCUT2D eigenvalue weighted by molar-refractivity contribution is -0.175. The Morgan fingerprint density at radius 3 is 2.61 bits per heavy atom. The number of amides is 1. The average Bonchev–Trinajstić information content (AvgIpc) is 3.15. The first-order valence-electron chi connectivity index (χ1n) is 11.4. The quantitative estimate of drug-likeness (QED) is 0.584. The van der Waals surface area contributed by atoms with Crippen molar-refractivity contribution >= 4 is 5.91 Å². The Bertz CT molecular complexity index is 1040. The van der Waals surface area contributed by atoms with Crippen molar-refractivity contribution in [3.05, 3.63) is 47.2 Å². The van der Waals surface area contributed by atoms with Crippen LogP contribution in [0.3, 0.4) is 0 Å². The number of fused-ring (bicyclic) bond motifs is 5. The fourth-order valence-electron chi connectivity index (χ4n) is 5.53. The Hall–Kier alpha value is -2.45. The Labute approximate surface area is 193 Å². The fourth-order valence-corrected chi connectivity index (χ4v) is 5.53. The predicted molar refractivity (Wildman–Crippen MR) is 119 cm³/mol. The lowest BCUT2D eigenvalue weighted by Gasteiger charge is -2.40. The van der Waals surface area contributed by atoms with Crippen molar-refractivity contribution in [2.24, 2.45) is 5.41 Å². The summed E-state index contributed by atoms with van der Waals surface area (Å²) in [5.41, 5.74) is 0.430. The van der Waals surface area contributed by atoms with E-state index < -0.39 is 23.3 Å². The Morgan fingerprint density at radius 2 is 1.97 bits per heavy atom. The molecule has 2 bridgehead atoms. The minimum absolute atomic E-state index is 0.0930. The van der Waals surface area contributed by atoms with Gasteiger partial charge in [0.2, 0.25) is 0 Å². The molecule has 1 aromatic carbocycles. The van der Waals surface area contributed by atoms with Gasteiger partial charge in [0.1, 0.15) is 23.3 Å². The first-order chi connectivity index (χ1) is 15.7. The van der Waals surface area contributed by atoms with Crippen LogP contribution in [0.15, 0.2) is 24.3 Å². The van der Waals surface area contributed by atoms with Crippen LogP contribution in [0.1, 0.15) is 57.2 Å². The molecule has 2 aromatic rings. The third kappa shape index (κ3) is 3.64. The molecule has 0 radical (unpaired) electrons. The van der Waals surface area contributed by atoms with Gasteiger partial charge in [0.15, 0.2) is 0 Å². The van der Waals surface area contributed by atoms with Gasteiger partial charge in [-0.15, -0.1) is 5.10 Å². The van der Waals surface area contributed by atoms with Crippen LogP contribution in [0, 0.1) is 17.0 Å². The zero-order valence-corrected chi connectivity index (χ0v) is 19.8. The molecule has 4 rings (SSSR count). The van der Waals surface area contributed by atoms with E-state index in [9.17, 15) is 13.6 Å². The molecule has 1 unspecified atom stereocenters. The van der Waals surface area contributed by atoms with Gasteiger partial charge in [-0.3, -0.25) is 4.79 Å². The van der Waals surface area contributed by atoms with Crippen LogP contribution in [0.2, 0.25) is 0 Å². The number of ether oxygens (including phenoxy) is 2. The summed E-state index contributed by atoms with van der Waals surface area (Å²) < 4.78 is 40.5. The molecular formula is C25H31F2N3O3. The van der Waals surface area contributed by atoms with Crippen LogP contribution in [-0.2, 0) is 19.9 Å². The van der Waals surface area contributed by atoms with E-state index in [1.165, 1.54) is 18.2 Å². The first kappa shape index (κ1) is 23.7. The number of aromatic nitrogens is 2. The maximum Gasteiger partial charge on any atom is 0.251 e. The lowest BCUT2D eigenvalue weighted by atomic mass is 9.77. The van der Waals surface area contributed by atoms with Crippen molar-refractivity contribution in [1.29, 1.82) is 0 Å². The zero-order valence-electron chi connectivity index (χ0n) is 19.8. The van der Waals surface area contributed by atoms with E-state index in [-0.39, 0.29) is 28.5 Å². The van der Waals surface area contributed by atoms with Crippen molar-refractivity contribution in [2.45, 2.75) is 57.7 Å². The molecule has 6 nitrogen and oxygen atoms in total. The second-order valence-corrected chi connectivity index (χ2v) is 9.54. The van der Waals surface area contributed by atoms with E-state index >= 15 is 0 Å². The summed E-state index contributed by atoms with van der Waals surface area (Å²) in [5, 5.41) is 8.66. The maximum absolute atomic E-state index is 14.4. The molecule has 1 aromatic heterocycles. The number of hydrogen-bond donors (Lipinski definition) is 0. The molecule has 1 amide bonds. The largest absolute Gasteiger partial charge is 0.383 e. The molecule has 2 aliphatic carbocycles. The van der Waals surface area contributed by atoms with Crippen molar-refractivity contribution in [2.75, 3.05) is 27.3 Å². The van der Waals surface area contributed by atoms with Crippen molar-refractivity contribution in [3.63, 3.8) is 0 Å². The summed E-state index contributed by atoms with van der Waals surface area (Å²) in [7, 11) is 3.34. The molecular weight excluding hydrogens is 428 g/mol. The fraction of sp³-hybridized carbons (Fsp3) is 0.560. The molecule has 0 spiro atoms. The first-order valence-corrected chi connectivity index (χ1v) is 11.4. The summed E-state index contributed by atoms with van der Waals surface area (Å²) in [6.45, 7) is 7.07. The minimum Gasteiger partial charge on any atom is -0.383 e. The van der Waals surface area contributed by atoms with Crippen LogP contribution in [-0.4, -0.2) is 54.4 Å². The Balaban J connectivity index is 1.71. The van der Waals surface area contributed by atoms with E-state index in [1.807, 2.05) is 6.92 Å². The molecule has 1 heterocycles. The lowest BCUT2D eigenvalue weighted by Crippen LogP contribution is -2.47. The topological polar surface area (TPSA) is 64.6 Å². The highest BCUT2D eigenvalue weighted by molar-refractivity contribution is 5.80. The van der Waals surface area contributed by atoms with Gasteiger partial charge in [0, 0.05) is 26.1 Å². The van der Waals surface area contributed by atoms with Gasteiger partial charge < -0.3 is 14.4 Å². The zero-order chi connectivity index (χ0) is 24.0. The van der Waals surface area contributed by atoms with Crippen LogP contribution >= 0.6 is 0 Å². The van der Waals surface area contributed by atoms with Crippen molar-refractivity contribution < 1.29 is 23.0 Å². The Morgan fingerprint density at radius 1 is 1.27 bits per heavy atom. The van der Waals surface area contributed by atoms with Gasteiger partial charge in [-0.1, -0.05) is 26.8 Å². The van der Waals surface area contributed by atoms with Gasteiger partial charge in [0.05, 0.1) is 23.6 Å². The molecule has 0 saturated heterocycles. The number of methoxy groups -OCH3 is 1. The molecule has 1 saturated carbocycles. The van der Waals surface area contributed by atoms with Crippen molar-refractivity contribution in [1.82, 2.24) is 15.1 Å².